The van der Waals surface area contributed by atoms with Crippen LogP contribution in [0.2, 0.25) is 5.02 Å². The Kier molecular flexibility index (Phi) is 6.84. The van der Waals surface area contributed by atoms with E-state index >= 15 is 0 Å². The van der Waals surface area contributed by atoms with E-state index in [1.54, 1.807) is 37.3 Å². The summed E-state index contributed by atoms with van der Waals surface area (Å²) in [5.74, 6) is -0.327. The summed E-state index contributed by atoms with van der Waals surface area (Å²) in [4.78, 5) is 36.0. The summed E-state index contributed by atoms with van der Waals surface area (Å²) in [6.07, 6.45) is 1.53. The molecule has 1 N–H and O–H groups in total. The number of hydrogen-bond acceptors (Lipinski definition) is 5. The summed E-state index contributed by atoms with van der Waals surface area (Å²) in [5.41, 5.74) is 3.00. The van der Waals surface area contributed by atoms with Crippen molar-refractivity contribution in [1.29, 1.82) is 0 Å². The standard InChI is InChI=1S/C26H24ClN3O4/c1-4-34-20-9-10-22-21(14-20)24(16(2)29-22)25(31)26(32)30(15-17-5-7-18(27)8-6-17)19-11-12-28-23(13-19)33-3/h5-14,29H,4,15H2,1-3H3. The predicted molar refractivity (Wildman–Crippen MR) is 132 cm³/mol. The lowest BCUT2D eigenvalue weighted by atomic mass is 10.0. The van der Waals surface area contributed by atoms with E-state index in [0.717, 1.165) is 11.1 Å². The maximum Gasteiger partial charge on any atom is 0.299 e. The molecule has 4 aromatic rings. The molecule has 0 aliphatic carbocycles. The van der Waals surface area contributed by atoms with Crippen LogP contribution < -0.4 is 14.4 Å². The summed E-state index contributed by atoms with van der Waals surface area (Å²) in [6.45, 7) is 4.33. The zero-order valence-electron chi connectivity index (χ0n) is 19.1. The smallest absolute Gasteiger partial charge is 0.299 e. The van der Waals surface area contributed by atoms with E-state index in [1.165, 1.54) is 18.2 Å². The van der Waals surface area contributed by atoms with Crippen molar-refractivity contribution in [2.24, 2.45) is 0 Å². The zero-order chi connectivity index (χ0) is 24.2. The summed E-state index contributed by atoms with van der Waals surface area (Å²) in [5, 5.41) is 1.23. The van der Waals surface area contributed by atoms with Gasteiger partial charge in [0, 0.05) is 33.9 Å². The van der Waals surface area contributed by atoms with E-state index in [1.807, 2.05) is 31.2 Å². The van der Waals surface area contributed by atoms with Crippen LogP contribution in [0.4, 0.5) is 5.69 Å². The third-order valence-electron chi connectivity index (χ3n) is 5.43. The molecule has 0 unspecified atom stereocenters. The number of methoxy groups -OCH3 is 1. The van der Waals surface area contributed by atoms with E-state index < -0.39 is 11.7 Å². The minimum Gasteiger partial charge on any atom is -0.494 e. The van der Waals surface area contributed by atoms with Gasteiger partial charge in [-0.2, -0.15) is 0 Å². The van der Waals surface area contributed by atoms with Gasteiger partial charge in [-0.25, -0.2) is 4.98 Å². The van der Waals surface area contributed by atoms with E-state index in [0.29, 0.717) is 45.6 Å². The fourth-order valence-corrected chi connectivity index (χ4v) is 3.94. The van der Waals surface area contributed by atoms with Crippen LogP contribution >= 0.6 is 11.6 Å². The normalized spacial score (nSPS) is 10.8. The first-order chi connectivity index (χ1) is 16.4. The Morgan fingerprint density at radius 1 is 1.09 bits per heavy atom. The molecule has 0 fully saturated rings. The van der Waals surface area contributed by atoms with Crippen LogP contribution in [-0.2, 0) is 11.3 Å². The Morgan fingerprint density at radius 2 is 1.85 bits per heavy atom. The van der Waals surface area contributed by atoms with Crippen molar-refractivity contribution < 1.29 is 19.1 Å². The lowest BCUT2D eigenvalue weighted by molar-refractivity contribution is -0.114. The molecule has 0 saturated heterocycles. The third-order valence-corrected chi connectivity index (χ3v) is 5.68. The van der Waals surface area contributed by atoms with Crippen molar-refractivity contribution in [3.8, 4) is 11.6 Å². The molecule has 174 valence electrons. The SMILES string of the molecule is CCOc1ccc2[nH]c(C)c(C(=O)C(=O)N(Cc3ccc(Cl)cc3)c3ccnc(OC)c3)c2c1. The number of benzene rings is 2. The van der Waals surface area contributed by atoms with Crippen molar-refractivity contribution >= 4 is 39.9 Å². The number of fused-ring (bicyclic) bond motifs is 1. The van der Waals surface area contributed by atoms with Gasteiger partial charge in [0.05, 0.1) is 31.5 Å². The number of Topliss-reactive ketones (excluding diaryl/α,β-unsaturated/α-hetero) is 1. The predicted octanol–water partition coefficient (Wildman–Crippen LogP) is 5.35. The molecular formula is C26H24ClN3O4. The number of ether oxygens (including phenoxy) is 2. The number of nitrogens with zero attached hydrogens (tertiary/aromatic N) is 2. The van der Waals surface area contributed by atoms with Gasteiger partial charge < -0.3 is 19.4 Å². The first-order valence-corrected chi connectivity index (χ1v) is 11.1. The molecule has 0 aliphatic heterocycles. The monoisotopic (exact) mass is 477 g/mol. The molecule has 2 heterocycles. The van der Waals surface area contributed by atoms with E-state index in [4.69, 9.17) is 21.1 Å². The van der Waals surface area contributed by atoms with Crippen LogP contribution in [0.3, 0.4) is 0 Å². The summed E-state index contributed by atoms with van der Waals surface area (Å²) >= 11 is 6.02. The molecule has 0 spiro atoms. The van der Waals surface area contributed by atoms with E-state index in [2.05, 4.69) is 9.97 Å². The van der Waals surface area contributed by atoms with Gasteiger partial charge in [-0.05, 0) is 55.8 Å². The highest BCUT2D eigenvalue weighted by Crippen LogP contribution is 2.29. The lowest BCUT2D eigenvalue weighted by Crippen LogP contribution is -2.36. The molecule has 8 heteroatoms. The second-order valence-corrected chi connectivity index (χ2v) is 8.11. The van der Waals surface area contributed by atoms with Crippen molar-refractivity contribution in [2.45, 2.75) is 20.4 Å². The van der Waals surface area contributed by atoms with E-state index in [-0.39, 0.29) is 6.54 Å². The van der Waals surface area contributed by atoms with Crippen LogP contribution in [0.5, 0.6) is 11.6 Å². The van der Waals surface area contributed by atoms with Gasteiger partial charge in [0.2, 0.25) is 5.88 Å². The average Bonchev–Trinajstić information content (AvgIpc) is 3.18. The fourth-order valence-electron chi connectivity index (χ4n) is 3.82. The van der Waals surface area contributed by atoms with E-state index in [9.17, 15) is 9.59 Å². The van der Waals surface area contributed by atoms with Crippen molar-refractivity contribution in [3.63, 3.8) is 0 Å². The molecule has 0 aliphatic rings. The Labute approximate surface area is 202 Å². The second-order valence-electron chi connectivity index (χ2n) is 7.67. The Bertz CT molecular complexity index is 1350. The average molecular weight is 478 g/mol. The fraction of sp³-hybridized carbons (Fsp3) is 0.192. The quantitative estimate of drug-likeness (QED) is 0.273. The number of halogens is 1. The number of rotatable bonds is 8. The van der Waals surface area contributed by atoms with Crippen LogP contribution in [0.25, 0.3) is 10.9 Å². The van der Waals surface area contributed by atoms with Gasteiger partial charge in [-0.15, -0.1) is 0 Å². The molecule has 0 atom stereocenters. The highest BCUT2D eigenvalue weighted by Gasteiger charge is 2.29. The highest BCUT2D eigenvalue weighted by atomic mass is 35.5. The molecule has 7 nitrogen and oxygen atoms in total. The summed E-state index contributed by atoms with van der Waals surface area (Å²) in [6, 6.07) is 15.9. The number of nitrogens with one attached hydrogen (secondary N) is 1. The van der Waals surface area contributed by atoms with Gasteiger partial charge in [-0.1, -0.05) is 23.7 Å². The number of carbonyl (C=O) groups excluding carboxylic acids is 2. The lowest BCUT2D eigenvalue weighted by Gasteiger charge is -2.23. The minimum atomic E-state index is -0.672. The van der Waals surface area contributed by atoms with Crippen LogP contribution in [-0.4, -0.2) is 35.4 Å². The van der Waals surface area contributed by atoms with Crippen molar-refractivity contribution in [3.05, 3.63) is 82.6 Å². The number of pyridine rings is 1. The molecule has 4 rings (SSSR count). The van der Waals surface area contributed by atoms with Crippen LogP contribution in [0.1, 0.15) is 28.5 Å². The second kappa shape index (κ2) is 9.97. The minimum absolute atomic E-state index is 0.167. The topological polar surface area (TPSA) is 84.5 Å². The van der Waals surface area contributed by atoms with Gasteiger partial charge in [-0.3, -0.25) is 9.59 Å². The molecular weight excluding hydrogens is 454 g/mol. The molecule has 0 saturated carbocycles. The largest absolute Gasteiger partial charge is 0.494 e. The number of ketones is 1. The molecule has 1 amide bonds. The van der Waals surface area contributed by atoms with Gasteiger partial charge in [0.1, 0.15) is 5.75 Å². The van der Waals surface area contributed by atoms with Gasteiger partial charge >= 0.3 is 0 Å². The van der Waals surface area contributed by atoms with Crippen molar-refractivity contribution in [2.75, 3.05) is 18.6 Å². The molecule has 2 aromatic carbocycles. The number of hydrogen-bond donors (Lipinski definition) is 1. The summed E-state index contributed by atoms with van der Waals surface area (Å²) in [7, 11) is 1.49. The Hall–Kier alpha value is -3.84. The number of aryl methyl sites for hydroxylation is 1. The number of anilines is 1. The zero-order valence-corrected chi connectivity index (χ0v) is 19.8. The van der Waals surface area contributed by atoms with Crippen LogP contribution in [0.15, 0.2) is 60.8 Å². The van der Waals surface area contributed by atoms with Crippen LogP contribution in [0, 0.1) is 6.92 Å². The number of aromatic amines is 1. The number of carbonyl (C=O) groups is 2. The number of H-pyrrole nitrogens is 1. The first kappa shape index (κ1) is 23.3. The van der Waals surface area contributed by atoms with Crippen molar-refractivity contribution in [1.82, 2.24) is 9.97 Å². The Morgan fingerprint density at radius 3 is 2.56 bits per heavy atom. The number of amides is 1. The van der Waals surface area contributed by atoms with Gasteiger partial charge in [0.15, 0.2) is 0 Å². The number of aromatic nitrogens is 2. The summed E-state index contributed by atoms with van der Waals surface area (Å²) < 4.78 is 10.8. The Balaban J connectivity index is 1.76. The van der Waals surface area contributed by atoms with Gasteiger partial charge in [0.25, 0.3) is 11.7 Å². The maximum absolute atomic E-state index is 13.7. The molecule has 2 aromatic heterocycles. The first-order valence-electron chi connectivity index (χ1n) is 10.8. The third kappa shape index (κ3) is 4.75. The molecule has 0 radical (unpaired) electrons. The maximum atomic E-state index is 13.7. The highest BCUT2D eigenvalue weighted by molar-refractivity contribution is 6.49. The molecule has 34 heavy (non-hydrogen) atoms. The molecule has 0 bridgehead atoms.